The molecule has 0 unspecified atom stereocenters. The third-order valence-electron chi connectivity index (χ3n) is 4.21. The zero-order chi connectivity index (χ0) is 21.5. The van der Waals surface area contributed by atoms with Crippen LogP contribution in [0.1, 0.15) is 5.82 Å². The molecule has 0 radical (unpaired) electrons. The van der Waals surface area contributed by atoms with E-state index in [-0.39, 0.29) is 34.3 Å². The van der Waals surface area contributed by atoms with Crippen LogP contribution in [0.2, 0.25) is 0 Å². The fourth-order valence-electron chi connectivity index (χ4n) is 2.80. The molecule has 154 valence electrons. The molecule has 2 N–H and O–H groups in total. The Bertz CT molecular complexity index is 1230. The highest BCUT2D eigenvalue weighted by molar-refractivity contribution is 5.80. The van der Waals surface area contributed by atoms with E-state index in [0.29, 0.717) is 0 Å². The zero-order valence-corrected chi connectivity index (χ0v) is 15.3. The molecule has 0 aliphatic rings. The van der Waals surface area contributed by atoms with Crippen LogP contribution in [-0.4, -0.2) is 19.5 Å². The number of aryl methyl sites for hydroxylation is 1. The molecule has 0 aliphatic carbocycles. The van der Waals surface area contributed by atoms with E-state index < -0.39 is 23.6 Å². The van der Waals surface area contributed by atoms with Crippen LogP contribution in [0, 0.1) is 11.6 Å². The van der Waals surface area contributed by atoms with E-state index in [9.17, 15) is 22.0 Å². The summed E-state index contributed by atoms with van der Waals surface area (Å²) in [7, 11) is 1.14. The molecule has 0 saturated heterocycles. The third kappa shape index (κ3) is 3.61. The molecule has 0 aliphatic heterocycles. The SMILES string of the molecule is Cn1c(C(F)(F)F)nc2nc(Nc3ccccc3F)c(Nc3ccccc3F)nc21. The lowest BCUT2D eigenvalue weighted by molar-refractivity contribution is -0.146. The van der Waals surface area contributed by atoms with Crippen molar-refractivity contribution in [2.45, 2.75) is 6.18 Å². The van der Waals surface area contributed by atoms with Gasteiger partial charge in [0, 0.05) is 7.05 Å². The Kier molecular flexibility index (Phi) is 4.72. The molecule has 4 aromatic rings. The average Bonchev–Trinajstić information content (AvgIpc) is 3.02. The average molecular weight is 420 g/mol. The number of para-hydroxylation sites is 2. The lowest BCUT2D eigenvalue weighted by Crippen LogP contribution is -2.12. The molecular weight excluding hydrogens is 407 g/mol. The zero-order valence-electron chi connectivity index (χ0n) is 15.3. The van der Waals surface area contributed by atoms with Crippen LogP contribution in [0.5, 0.6) is 0 Å². The monoisotopic (exact) mass is 420 g/mol. The van der Waals surface area contributed by atoms with Crippen LogP contribution >= 0.6 is 0 Å². The van der Waals surface area contributed by atoms with Crippen molar-refractivity contribution < 1.29 is 22.0 Å². The summed E-state index contributed by atoms with van der Waals surface area (Å²) in [5.74, 6) is -2.65. The number of hydrogen-bond donors (Lipinski definition) is 2. The second kappa shape index (κ2) is 7.25. The normalized spacial score (nSPS) is 11.7. The first-order chi connectivity index (χ1) is 14.2. The number of benzene rings is 2. The van der Waals surface area contributed by atoms with Gasteiger partial charge in [-0.2, -0.15) is 13.2 Å². The van der Waals surface area contributed by atoms with Crippen molar-refractivity contribution in [1.82, 2.24) is 19.5 Å². The van der Waals surface area contributed by atoms with Gasteiger partial charge in [-0.05, 0) is 24.3 Å². The highest BCUT2D eigenvalue weighted by Crippen LogP contribution is 2.33. The Hall–Kier alpha value is -3.76. The van der Waals surface area contributed by atoms with Crippen molar-refractivity contribution in [1.29, 1.82) is 0 Å². The van der Waals surface area contributed by atoms with Crippen molar-refractivity contribution in [3.8, 4) is 0 Å². The Labute approximate surface area is 166 Å². The van der Waals surface area contributed by atoms with Crippen molar-refractivity contribution in [2.24, 2.45) is 7.05 Å². The van der Waals surface area contributed by atoms with Gasteiger partial charge in [-0.1, -0.05) is 24.3 Å². The minimum absolute atomic E-state index is 0.00899. The summed E-state index contributed by atoms with van der Waals surface area (Å²) >= 11 is 0. The topological polar surface area (TPSA) is 67.7 Å². The van der Waals surface area contributed by atoms with Crippen LogP contribution < -0.4 is 10.6 Å². The van der Waals surface area contributed by atoms with E-state index in [4.69, 9.17) is 0 Å². The fraction of sp³-hybridized carbons (Fsp3) is 0.105. The maximum Gasteiger partial charge on any atom is 0.449 e. The number of imidazole rings is 1. The number of aromatic nitrogens is 4. The molecule has 2 aromatic carbocycles. The van der Waals surface area contributed by atoms with E-state index in [1.807, 2.05) is 0 Å². The first kappa shape index (κ1) is 19.6. The van der Waals surface area contributed by atoms with Gasteiger partial charge < -0.3 is 15.2 Å². The molecule has 6 nitrogen and oxygen atoms in total. The summed E-state index contributed by atoms with van der Waals surface area (Å²) in [5.41, 5.74) is -0.460. The summed E-state index contributed by atoms with van der Waals surface area (Å²) in [6, 6.07) is 11.3. The van der Waals surface area contributed by atoms with Crippen molar-refractivity contribution in [2.75, 3.05) is 10.6 Å². The summed E-state index contributed by atoms with van der Waals surface area (Å²) in [6.45, 7) is 0. The third-order valence-corrected chi connectivity index (χ3v) is 4.21. The number of alkyl halides is 3. The Morgan fingerprint density at radius 1 is 0.767 bits per heavy atom. The van der Waals surface area contributed by atoms with Gasteiger partial charge in [-0.15, -0.1) is 0 Å². The van der Waals surface area contributed by atoms with E-state index in [0.717, 1.165) is 11.6 Å². The summed E-state index contributed by atoms with van der Waals surface area (Å²) in [4.78, 5) is 11.7. The predicted octanol–water partition coefficient (Wildman–Crippen LogP) is 5.15. The van der Waals surface area contributed by atoms with Gasteiger partial charge in [0.15, 0.2) is 22.9 Å². The molecule has 0 bridgehead atoms. The van der Waals surface area contributed by atoms with Gasteiger partial charge in [-0.25, -0.2) is 23.7 Å². The second-order valence-electron chi connectivity index (χ2n) is 6.27. The van der Waals surface area contributed by atoms with Gasteiger partial charge >= 0.3 is 6.18 Å². The van der Waals surface area contributed by atoms with Gasteiger partial charge in [0.2, 0.25) is 5.82 Å². The smallest absolute Gasteiger partial charge is 0.335 e. The summed E-state index contributed by atoms with van der Waals surface area (Å²) in [5, 5.41) is 5.37. The number of fused-ring (bicyclic) bond motifs is 1. The fourth-order valence-corrected chi connectivity index (χ4v) is 2.80. The standard InChI is InChI=1S/C19H13F5N6/c1-30-17-16(29-18(30)19(22,23)24)27-14(25-12-8-4-2-6-10(12)20)15(28-17)26-13-9-5-3-7-11(13)21/h2-9H,1H3,(H,25,27)(H,26,28). The van der Waals surface area contributed by atoms with Gasteiger partial charge in [0.05, 0.1) is 11.4 Å². The van der Waals surface area contributed by atoms with Crippen molar-refractivity contribution in [3.05, 3.63) is 66.0 Å². The van der Waals surface area contributed by atoms with E-state index >= 15 is 0 Å². The highest BCUT2D eigenvalue weighted by atomic mass is 19.4. The quantitative estimate of drug-likeness (QED) is 0.447. The minimum atomic E-state index is -4.73. The van der Waals surface area contributed by atoms with Crippen LogP contribution in [-0.2, 0) is 13.2 Å². The largest absolute Gasteiger partial charge is 0.449 e. The van der Waals surface area contributed by atoms with Gasteiger partial charge in [0.25, 0.3) is 0 Å². The molecule has 11 heteroatoms. The summed E-state index contributed by atoms with van der Waals surface area (Å²) in [6.07, 6.45) is -4.73. The maximum atomic E-state index is 14.1. The van der Waals surface area contributed by atoms with Crippen LogP contribution in [0.3, 0.4) is 0 Å². The molecule has 0 atom stereocenters. The second-order valence-corrected chi connectivity index (χ2v) is 6.27. The molecular formula is C19H13F5N6. The number of nitrogens with one attached hydrogen (secondary N) is 2. The van der Waals surface area contributed by atoms with E-state index in [1.165, 1.54) is 36.4 Å². The van der Waals surface area contributed by atoms with E-state index in [1.54, 1.807) is 12.1 Å². The number of rotatable bonds is 4. The van der Waals surface area contributed by atoms with Crippen LogP contribution in [0.4, 0.5) is 45.0 Å². The molecule has 2 aromatic heterocycles. The predicted molar refractivity (Wildman–Crippen MR) is 101 cm³/mol. The first-order valence-corrected chi connectivity index (χ1v) is 8.59. The van der Waals surface area contributed by atoms with Gasteiger partial charge in [-0.3, -0.25) is 0 Å². The van der Waals surface area contributed by atoms with E-state index in [2.05, 4.69) is 25.6 Å². The van der Waals surface area contributed by atoms with Crippen molar-refractivity contribution >= 4 is 34.3 Å². The Balaban J connectivity index is 1.88. The Morgan fingerprint density at radius 2 is 1.27 bits per heavy atom. The molecule has 0 saturated carbocycles. The molecule has 4 rings (SSSR count). The number of hydrogen-bond acceptors (Lipinski definition) is 5. The van der Waals surface area contributed by atoms with Crippen LogP contribution in [0.25, 0.3) is 11.3 Å². The van der Waals surface area contributed by atoms with Crippen molar-refractivity contribution in [3.63, 3.8) is 0 Å². The molecule has 0 amide bonds. The maximum absolute atomic E-state index is 14.1. The number of halogens is 5. The molecule has 0 spiro atoms. The minimum Gasteiger partial charge on any atom is -0.335 e. The molecule has 30 heavy (non-hydrogen) atoms. The summed E-state index contributed by atoms with van der Waals surface area (Å²) < 4.78 is 68.6. The van der Waals surface area contributed by atoms with Gasteiger partial charge in [0.1, 0.15) is 11.6 Å². The lowest BCUT2D eigenvalue weighted by atomic mass is 10.3. The number of nitrogens with zero attached hydrogens (tertiary/aromatic N) is 4. The highest BCUT2D eigenvalue weighted by Gasteiger charge is 2.37. The van der Waals surface area contributed by atoms with Crippen LogP contribution in [0.15, 0.2) is 48.5 Å². The Morgan fingerprint density at radius 3 is 1.77 bits per heavy atom. The molecule has 0 fully saturated rings. The first-order valence-electron chi connectivity index (χ1n) is 8.59. The number of anilines is 4. The molecule has 2 heterocycles. The lowest BCUT2D eigenvalue weighted by Gasteiger charge is -2.13.